The second kappa shape index (κ2) is 5.57. The first-order valence-electron chi connectivity index (χ1n) is 7.67. The number of benzene rings is 1. The average molecular weight is 273 g/mol. The van der Waals surface area contributed by atoms with Crippen LogP contribution in [0.25, 0.3) is 0 Å². The molecular formula is C17H23NO2. The van der Waals surface area contributed by atoms with Crippen molar-refractivity contribution in [1.29, 1.82) is 0 Å². The molecule has 1 aliphatic carbocycles. The van der Waals surface area contributed by atoms with Crippen molar-refractivity contribution >= 4 is 5.97 Å². The van der Waals surface area contributed by atoms with Crippen LogP contribution in [0.2, 0.25) is 0 Å². The maximum atomic E-state index is 11.2. The third kappa shape index (κ3) is 2.88. The Balaban J connectivity index is 1.57. The van der Waals surface area contributed by atoms with Gasteiger partial charge in [0.2, 0.25) is 0 Å². The zero-order valence-electron chi connectivity index (χ0n) is 12.0. The van der Waals surface area contributed by atoms with E-state index in [-0.39, 0.29) is 5.92 Å². The van der Waals surface area contributed by atoms with Gasteiger partial charge in [-0.15, -0.1) is 0 Å². The monoisotopic (exact) mass is 273 g/mol. The molecule has 1 aromatic rings. The van der Waals surface area contributed by atoms with E-state index < -0.39 is 5.97 Å². The number of carbonyl (C=O) groups is 1. The largest absolute Gasteiger partial charge is 0.481 e. The summed E-state index contributed by atoms with van der Waals surface area (Å²) >= 11 is 0. The van der Waals surface area contributed by atoms with Gasteiger partial charge < -0.3 is 5.11 Å². The first-order chi connectivity index (χ1) is 9.65. The molecule has 1 heterocycles. The van der Waals surface area contributed by atoms with Crippen molar-refractivity contribution < 1.29 is 9.90 Å². The molecule has 0 aromatic heterocycles. The van der Waals surface area contributed by atoms with Crippen LogP contribution in [0, 0.1) is 11.8 Å². The van der Waals surface area contributed by atoms with E-state index in [2.05, 4.69) is 42.2 Å². The molecule has 3 rings (SSSR count). The first-order valence-corrected chi connectivity index (χ1v) is 7.67. The second-order valence-corrected chi connectivity index (χ2v) is 6.43. The van der Waals surface area contributed by atoms with Crippen LogP contribution in [-0.2, 0) is 4.79 Å². The van der Waals surface area contributed by atoms with E-state index in [4.69, 9.17) is 0 Å². The quantitative estimate of drug-likeness (QED) is 0.917. The van der Waals surface area contributed by atoms with Crippen molar-refractivity contribution in [3.8, 4) is 0 Å². The highest BCUT2D eigenvalue weighted by Gasteiger charge is 2.41. The average Bonchev–Trinajstić information content (AvgIpc) is 3.21. The Hall–Kier alpha value is -1.35. The smallest absolute Gasteiger partial charge is 0.307 e. The molecule has 3 nitrogen and oxygen atoms in total. The number of likely N-dealkylation sites (tertiary alicyclic amines) is 1. The number of aliphatic carboxylic acids is 1. The Morgan fingerprint density at radius 3 is 2.75 bits per heavy atom. The number of nitrogens with zero attached hydrogens (tertiary/aromatic N) is 1. The van der Waals surface area contributed by atoms with Crippen LogP contribution in [0.15, 0.2) is 30.3 Å². The van der Waals surface area contributed by atoms with Crippen molar-refractivity contribution in [2.75, 3.05) is 13.1 Å². The second-order valence-electron chi connectivity index (χ2n) is 6.43. The summed E-state index contributed by atoms with van der Waals surface area (Å²) in [6, 6.07) is 11.2. The van der Waals surface area contributed by atoms with Crippen molar-refractivity contribution in [2.45, 2.75) is 38.1 Å². The summed E-state index contributed by atoms with van der Waals surface area (Å²) in [7, 11) is 0. The van der Waals surface area contributed by atoms with Gasteiger partial charge in [-0.25, -0.2) is 0 Å². The highest BCUT2D eigenvalue weighted by atomic mass is 16.4. The van der Waals surface area contributed by atoms with Gasteiger partial charge in [-0.05, 0) is 43.6 Å². The fourth-order valence-electron chi connectivity index (χ4n) is 3.49. The molecule has 0 radical (unpaired) electrons. The van der Waals surface area contributed by atoms with Crippen LogP contribution in [0.5, 0.6) is 0 Å². The normalized spacial score (nSPS) is 33.9. The van der Waals surface area contributed by atoms with E-state index in [0.717, 1.165) is 25.9 Å². The lowest BCUT2D eigenvalue weighted by molar-refractivity contribution is -0.144. The van der Waals surface area contributed by atoms with E-state index in [0.29, 0.717) is 17.9 Å². The molecule has 1 saturated heterocycles. The summed E-state index contributed by atoms with van der Waals surface area (Å²) in [5.74, 6) is 0.610. The summed E-state index contributed by atoms with van der Waals surface area (Å²) in [6.07, 6.45) is 3.10. The first kappa shape index (κ1) is 13.6. The summed E-state index contributed by atoms with van der Waals surface area (Å²) in [6.45, 7) is 4.02. The van der Waals surface area contributed by atoms with E-state index in [1.807, 2.05) is 0 Å². The number of hydrogen-bond donors (Lipinski definition) is 1. The van der Waals surface area contributed by atoms with Crippen LogP contribution in [0.3, 0.4) is 0 Å². The van der Waals surface area contributed by atoms with E-state index in [9.17, 15) is 9.90 Å². The number of carboxylic acid groups (broad SMARTS) is 1. The van der Waals surface area contributed by atoms with Crippen LogP contribution in [0.4, 0.5) is 0 Å². The molecular weight excluding hydrogens is 250 g/mol. The summed E-state index contributed by atoms with van der Waals surface area (Å²) in [5, 5.41) is 9.20. The Labute approximate surface area is 120 Å². The van der Waals surface area contributed by atoms with E-state index in [1.165, 1.54) is 12.0 Å². The minimum Gasteiger partial charge on any atom is -0.481 e. The highest BCUT2D eigenvalue weighted by Crippen LogP contribution is 2.48. The molecule has 1 aromatic carbocycles. The SMILES string of the molecule is CC1CCC(C(=O)O)CN1C[C@@H]1C[C@H]1c1ccccc1. The lowest BCUT2D eigenvalue weighted by atomic mass is 9.93. The van der Waals surface area contributed by atoms with Gasteiger partial charge in [0.15, 0.2) is 0 Å². The van der Waals surface area contributed by atoms with Crippen LogP contribution in [-0.4, -0.2) is 35.1 Å². The molecule has 2 unspecified atom stereocenters. The maximum absolute atomic E-state index is 11.2. The minimum atomic E-state index is -0.627. The van der Waals surface area contributed by atoms with Gasteiger partial charge in [-0.2, -0.15) is 0 Å². The van der Waals surface area contributed by atoms with Gasteiger partial charge in [-0.1, -0.05) is 30.3 Å². The third-order valence-electron chi connectivity index (χ3n) is 4.98. The molecule has 108 valence electrons. The van der Waals surface area contributed by atoms with E-state index in [1.54, 1.807) is 0 Å². The molecule has 1 saturated carbocycles. The molecule has 2 fully saturated rings. The lowest BCUT2D eigenvalue weighted by Gasteiger charge is -2.36. The Bertz CT molecular complexity index is 473. The van der Waals surface area contributed by atoms with E-state index >= 15 is 0 Å². The van der Waals surface area contributed by atoms with Crippen LogP contribution >= 0.6 is 0 Å². The zero-order valence-corrected chi connectivity index (χ0v) is 12.0. The fourth-order valence-corrected chi connectivity index (χ4v) is 3.49. The molecule has 4 atom stereocenters. The maximum Gasteiger partial charge on any atom is 0.307 e. The van der Waals surface area contributed by atoms with Crippen molar-refractivity contribution in [3.63, 3.8) is 0 Å². The minimum absolute atomic E-state index is 0.167. The molecule has 0 bridgehead atoms. The summed E-state index contributed by atoms with van der Waals surface area (Å²) in [5.41, 5.74) is 1.44. The fraction of sp³-hybridized carbons (Fsp3) is 0.588. The molecule has 20 heavy (non-hydrogen) atoms. The van der Waals surface area contributed by atoms with Gasteiger partial charge in [-0.3, -0.25) is 9.69 Å². The molecule has 3 heteroatoms. The Morgan fingerprint density at radius 2 is 2.05 bits per heavy atom. The predicted molar refractivity (Wildman–Crippen MR) is 78.7 cm³/mol. The molecule has 1 N–H and O–H groups in total. The topological polar surface area (TPSA) is 40.5 Å². The predicted octanol–water partition coefficient (Wildman–Crippen LogP) is 2.98. The third-order valence-corrected chi connectivity index (χ3v) is 4.98. The lowest BCUT2D eigenvalue weighted by Crippen LogP contribution is -2.45. The van der Waals surface area contributed by atoms with Crippen LogP contribution < -0.4 is 0 Å². The molecule has 1 aliphatic heterocycles. The molecule has 0 spiro atoms. The van der Waals surface area contributed by atoms with Gasteiger partial charge in [0, 0.05) is 19.1 Å². The van der Waals surface area contributed by atoms with Crippen LogP contribution in [0.1, 0.15) is 37.7 Å². The van der Waals surface area contributed by atoms with Gasteiger partial charge in [0.05, 0.1) is 5.92 Å². The van der Waals surface area contributed by atoms with Gasteiger partial charge >= 0.3 is 5.97 Å². The van der Waals surface area contributed by atoms with Gasteiger partial charge in [0.25, 0.3) is 0 Å². The van der Waals surface area contributed by atoms with Gasteiger partial charge in [0.1, 0.15) is 0 Å². The molecule has 2 aliphatic rings. The zero-order chi connectivity index (χ0) is 14.1. The number of rotatable bonds is 4. The molecule has 0 amide bonds. The van der Waals surface area contributed by atoms with Crippen molar-refractivity contribution in [2.24, 2.45) is 11.8 Å². The highest BCUT2D eigenvalue weighted by molar-refractivity contribution is 5.70. The summed E-state index contributed by atoms with van der Waals surface area (Å²) in [4.78, 5) is 13.6. The summed E-state index contributed by atoms with van der Waals surface area (Å²) < 4.78 is 0. The Kier molecular flexibility index (Phi) is 3.79. The number of carboxylic acids is 1. The number of hydrogen-bond acceptors (Lipinski definition) is 2. The van der Waals surface area contributed by atoms with Crippen molar-refractivity contribution in [1.82, 2.24) is 4.90 Å². The standard InChI is InChI=1S/C17H23NO2/c1-12-7-8-14(17(19)20)10-18(12)11-15-9-16(15)13-5-3-2-4-6-13/h2-6,12,14-16H,7-11H2,1H3,(H,19,20)/t12?,14?,15-,16-/m0/s1. The number of piperidine rings is 1. The Morgan fingerprint density at radius 1 is 1.30 bits per heavy atom. The van der Waals surface area contributed by atoms with Crippen molar-refractivity contribution in [3.05, 3.63) is 35.9 Å².